The van der Waals surface area contributed by atoms with E-state index in [1.165, 1.54) is 12.5 Å². The molecule has 0 spiro atoms. The third-order valence-electron chi connectivity index (χ3n) is 3.35. The number of nitrogens with one attached hydrogen (secondary N) is 1. The summed E-state index contributed by atoms with van der Waals surface area (Å²) in [6.45, 7) is 1.47. The van der Waals surface area contributed by atoms with Crippen LogP contribution in [-0.2, 0) is 9.59 Å². The number of carboxylic acids is 1. The lowest BCUT2D eigenvalue weighted by Crippen LogP contribution is -2.38. The monoisotopic (exact) mass is 247 g/mol. The Balaban J connectivity index is 1.80. The van der Waals surface area contributed by atoms with Crippen molar-refractivity contribution in [3.63, 3.8) is 0 Å². The number of carboxylic acid groups (broad SMARTS) is 1. The minimum Gasteiger partial charge on any atom is -0.480 e. The van der Waals surface area contributed by atoms with Crippen LogP contribution in [0.1, 0.15) is 31.2 Å². The number of hydrogen-bond donors (Lipinski definition) is 2. The average molecular weight is 247 g/mol. The molecule has 4 heteroatoms. The summed E-state index contributed by atoms with van der Waals surface area (Å²) in [5.41, 5.74) is 1.27. The van der Waals surface area contributed by atoms with Crippen LogP contribution in [0.3, 0.4) is 0 Å². The molecule has 1 fully saturated rings. The van der Waals surface area contributed by atoms with Crippen LogP contribution in [0.2, 0.25) is 0 Å². The second kappa shape index (κ2) is 5.21. The summed E-state index contributed by atoms with van der Waals surface area (Å²) in [5.74, 6) is -0.363. The topological polar surface area (TPSA) is 66.4 Å². The van der Waals surface area contributed by atoms with Crippen molar-refractivity contribution in [1.82, 2.24) is 5.32 Å². The molecule has 96 valence electrons. The Labute approximate surface area is 106 Å². The molecular formula is C14H17NO3. The zero-order valence-electron chi connectivity index (χ0n) is 10.3. The van der Waals surface area contributed by atoms with Gasteiger partial charge in [-0.3, -0.25) is 9.59 Å². The lowest BCUT2D eigenvalue weighted by Gasteiger charge is -2.08. The molecule has 1 aromatic rings. The predicted octanol–water partition coefficient (Wildman–Crippen LogP) is 1.77. The summed E-state index contributed by atoms with van der Waals surface area (Å²) < 4.78 is 0. The molecule has 18 heavy (non-hydrogen) atoms. The van der Waals surface area contributed by atoms with Crippen molar-refractivity contribution in [1.29, 1.82) is 0 Å². The van der Waals surface area contributed by atoms with E-state index in [1.54, 1.807) is 0 Å². The zero-order valence-corrected chi connectivity index (χ0v) is 10.3. The largest absolute Gasteiger partial charge is 0.480 e. The summed E-state index contributed by atoms with van der Waals surface area (Å²) in [5, 5.41) is 11.2. The molecule has 4 nitrogen and oxygen atoms in total. The molecule has 0 radical (unpaired) electrons. The van der Waals surface area contributed by atoms with Gasteiger partial charge < -0.3 is 10.4 Å². The first-order valence-corrected chi connectivity index (χ1v) is 6.15. The Kier molecular flexibility index (Phi) is 3.65. The lowest BCUT2D eigenvalue weighted by molar-refractivity contribution is -0.141. The van der Waals surface area contributed by atoms with E-state index in [2.05, 4.69) is 17.4 Å². The van der Waals surface area contributed by atoms with Gasteiger partial charge in [-0.05, 0) is 30.7 Å². The van der Waals surface area contributed by atoms with Gasteiger partial charge in [-0.2, -0.15) is 0 Å². The van der Waals surface area contributed by atoms with Crippen LogP contribution in [0.25, 0.3) is 0 Å². The Hall–Kier alpha value is -1.84. The molecule has 1 amide bonds. The third-order valence-corrected chi connectivity index (χ3v) is 3.35. The number of amides is 1. The van der Waals surface area contributed by atoms with Gasteiger partial charge >= 0.3 is 5.97 Å². The Morgan fingerprint density at radius 2 is 2.06 bits per heavy atom. The van der Waals surface area contributed by atoms with E-state index in [-0.39, 0.29) is 5.91 Å². The van der Waals surface area contributed by atoms with Gasteiger partial charge in [0.1, 0.15) is 6.04 Å². The molecule has 1 aromatic carbocycles. The molecule has 0 aliphatic heterocycles. The van der Waals surface area contributed by atoms with Gasteiger partial charge in [0, 0.05) is 6.42 Å². The van der Waals surface area contributed by atoms with Crippen molar-refractivity contribution >= 4 is 11.9 Å². The van der Waals surface area contributed by atoms with Crippen LogP contribution < -0.4 is 5.32 Å². The summed E-state index contributed by atoms with van der Waals surface area (Å²) in [7, 11) is 0. The van der Waals surface area contributed by atoms with E-state index in [0.29, 0.717) is 18.3 Å². The van der Waals surface area contributed by atoms with E-state index >= 15 is 0 Å². The highest BCUT2D eigenvalue weighted by Gasteiger charge is 2.39. The third kappa shape index (κ3) is 3.09. The fourth-order valence-electron chi connectivity index (χ4n) is 2.18. The Morgan fingerprint density at radius 3 is 2.67 bits per heavy atom. The highest BCUT2D eigenvalue weighted by atomic mass is 16.4. The normalized spacial score (nSPS) is 23.2. The SMILES string of the molecule is C[C@@H](NC(=O)C[C@@H]1C[C@H]1c1ccccc1)C(=O)O. The second-order valence-corrected chi connectivity index (χ2v) is 4.84. The van der Waals surface area contributed by atoms with Gasteiger partial charge in [0.2, 0.25) is 5.91 Å². The second-order valence-electron chi connectivity index (χ2n) is 4.84. The molecular weight excluding hydrogens is 230 g/mol. The first-order chi connectivity index (χ1) is 8.58. The van der Waals surface area contributed by atoms with Crippen LogP contribution in [0.4, 0.5) is 0 Å². The standard InChI is InChI=1S/C14H17NO3/c1-9(14(17)18)15-13(16)8-11-7-12(11)10-5-3-2-4-6-10/h2-6,9,11-12H,7-8H2,1H3,(H,15,16)(H,17,18)/t9-,11+,12+/m1/s1. The number of carbonyl (C=O) groups excluding carboxylic acids is 1. The fraction of sp³-hybridized carbons (Fsp3) is 0.429. The van der Waals surface area contributed by atoms with E-state index in [9.17, 15) is 9.59 Å². The van der Waals surface area contributed by atoms with Crippen molar-refractivity contribution < 1.29 is 14.7 Å². The van der Waals surface area contributed by atoms with E-state index < -0.39 is 12.0 Å². The van der Waals surface area contributed by atoms with Crippen molar-refractivity contribution in [2.45, 2.75) is 31.7 Å². The minimum atomic E-state index is -1.00. The van der Waals surface area contributed by atoms with Crippen LogP contribution >= 0.6 is 0 Å². The van der Waals surface area contributed by atoms with E-state index in [0.717, 1.165) is 6.42 Å². The van der Waals surface area contributed by atoms with E-state index in [1.807, 2.05) is 18.2 Å². The highest BCUT2D eigenvalue weighted by Crippen LogP contribution is 2.49. The molecule has 2 rings (SSSR count). The maximum Gasteiger partial charge on any atom is 0.325 e. The molecule has 0 aromatic heterocycles. The van der Waals surface area contributed by atoms with Crippen molar-refractivity contribution in [3.05, 3.63) is 35.9 Å². The van der Waals surface area contributed by atoms with Gasteiger partial charge in [-0.25, -0.2) is 0 Å². The predicted molar refractivity (Wildman–Crippen MR) is 67.1 cm³/mol. The summed E-state index contributed by atoms with van der Waals surface area (Å²) >= 11 is 0. The summed E-state index contributed by atoms with van der Waals surface area (Å²) in [4.78, 5) is 22.2. The van der Waals surface area contributed by atoms with Crippen LogP contribution in [0, 0.1) is 5.92 Å². The Bertz CT molecular complexity index is 444. The molecule has 0 unspecified atom stereocenters. The molecule has 0 bridgehead atoms. The van der Waals surface area contributed by atoms with Crippen LogP contribution in [0.15, 0.2) is 30.3 Å². The van der Waals surface area contributed by atoms with Gasteiger partial charge in [-0.1, -0.05) is 30.3 Å². The van der Waals surface area contributed by atoms with Crippen molar-refractivity contribution in [2.75, 3.05) is 0 Å². The van der Waals surface area contributed by atoms with Crippen LogP contribution in [0.5, 0.6) is 0 Å². The molecule has 0 saturated heterocycles. The van der Waals surface area contributed by atoms with Crippen molar-refractivity contribution in [2.24, 2.45) is 5.92 Å². The lowest BCUT2D eigenvalue weighted by atomic mass is 10.1. The molecule has 0 heterocycles. The summed E-state index contributed by atoms with van der Waals surface area (Å²) in [6.07, 6.45) is 1.43. The maximum absolute atomic E-state index is 11.6. The molecule has 1 saturated carbocycles. The number of hydrogen-bond acceptors (Lipinski definition) is 2. The Morgan fingerprint density at radius 1 is 1.39 bits per heavy atom. The molecule has 1 aliphatic rings. The first-order valence-electron chi connectivity index (χ1n) is 6.15. The zero-order chi connectivity index (χ0) is 13.1. The molecule has 1 aliphatic carbocycles. The smallest absolute Gasteiger partial charge is 0.325 e. The first kappa shape index (κ1) is 12.6. The quantitative estimate of drug-likeness (QED) is 0.833. The van der Waals surface area contributed by atoms with E-state index in [4.69, 9.17) is 5.11 Å². The summed E-state index contributed by atoms with van der Waals surface area (Å²) in [6, 6.07) is 9.30. The van der Waals surface area contributed by atoms with Gasteiger partial charge in [0.05, 0.1) is 0 Å². The van der Waals surface area contributed by atoms with Gasteiger partial charge in [-0.15, -0.1) is 0 Å². The van der Waals surface area contributed by atoms with Gasteiger partial charge in [0.15, 0.2) is 0 Å². The molecule has 2 N–H and O–H groups in total. The maximum atomic E-state index is 11.6. The fourth-order valence-corrected chi connectivity index (χ4v) is 2.18. The van der Waals surface area contributed by atoms with Crippen LogP contribution in [-0.4, -0.2) is 23.0 Å². The number of carbonyl (C=O) groups is 2. The number of rotatable bonds is 5. The molecule has 3 atom stereocenters. The highest BCUT2D eigenvalue weighted by molar-refractivity contribution is 5.83. The minimum absolute atomic E-state index is 0.173. The van der Waals surface area contributed by atoms with Gasteiger partial charge in [0.25, 0.3) is 0 Å². The number of benzene rings is 1. The average Bonchev–Trinajstić information content (AvgIpc) is 3.09. The van der Waals surface area contributed by atoms with Crippen molar-refractivity contribution in [3.8, 4) is 0 Å². The number of aliphatic carboxylic acids is 1.